The van der Waals surface area contributed by atoms with Gasteiger partial charge in [-0.05, 0) is 55.3 Å². The summed E-state index contributed by atoms with van der Waals surface area (Å²) in [7, 11) is 0. The second-order valence-corrected chi connectivity index (χ2v) is 8.58. The van der Waals surface area contributed by atoms with Crippen molar-refractivity contribution in [1.29, 1.82) is 0 Å². The third-order valence-corrected chi connectivity index (χ3v) is 6.30. The highest BCUT2D eigenvalue weighted by Crippen LogP contribution is 2.35. The molecule has 0 radical (unpaired) electrons. The van der Waals surface area contributed by atoms with Crippen molar-refractivity contribution in [2.75, 3.05) is 0 Å². The maximum absolute atomic E-state index is 13.6. The zero-order valence-corrected chi connectivity index (χ0v) is 18.1. The molecule has 4 rings (SSSR count). The van der Waals surface area contributed by atoms with Crippen LogP contribution in [0.25, 0.3) is 21.3 Å². The number of aromatic nitrogens is 2. The lowest BCUT2D eigenvalue weighted by molar-refractivity contribution is 0.0969. The van der Waals surface area contributed by atoms with E-state index in [-0.39, 0.29) is 29.5 Å². The standard InChI is InChI=1S/C24H20F2N2O2S/c1-4-20-27-23-22(21(14(3)31-23)15-5-8-17(25)9-6-15)24(30)28(20)12-19(29)16-7-10-18(26)13(2)11-16/h5-11H,4,12H2,1-3H3. The number of hydrogen-bond acceptors (Lipinski definition) is 4. The lowest BCUT2D eigenvalue weighted by Gasteiger charge is -2.12. The normalized spacial score (nSPS) is 11.3. The van der Waals surface area contributed by atoms with Crippen LogP contribution in [-0.2, 0) is 13.0 Å². The van der Waals surface area contributed by atoms with Crippen LogP contribution in [0, 0.1) is 25.5 Å². The van der Waals surface area contributed by atoms with Gasteiger partial charge in [-0.15, -0.1) is 11.3 Å². The Labute approximate surface area is 181 Å². The summed E-state index contributed by atoms with van der Waals surface area (Å²) >= 11 is 1.40. The van der Waals surface area contributed by atoms with Crippen LogP contribution in [0.15, 0.2) is 47.3 Å². The number of Topliss-reactive ketones (excluding diaryl/α,β-unsaturated/α-hetero) is 1. The van der Waals surface area contributed by atoms with Gasteiger partial charge in [0.25, 0.3) is 5.56 Å². The number of hydrogen-bond donors (Lipinski definition) is 0. The molecule has 4 nitrogen and oxygen atoms in total. The number of benzene rings is 2. The van der Waals surface area contributed by atoms with Crippen LogP contribution in [-0.4, -0.2) is 15.3 Å². The molecule has 0 aliphatic heterocycles. The number of ketones is 1. The van der Waals surface area contributed by atoms with E-state index in [1.54, 1.807) is 19.1 Å². The van der Waals surface area contributed by atoms with Crippen LogP contribution in [0.5, 0.6) is 0 Å². The van der Waals surface area contributed by atoms with E-state index in [4.69, 9.17) is 0 Å². The first-order chi connectivity index (χ1) is 14.8. The number of fused-ring (bicyclic) bond motifs is 1. The molecule has 0 saturated heterocycles. The molecule has 0 fully saturated rings. The Bertz CT molecular complexity index is 1370. The van der Waals surface area contributed by atoms with Crippen molar-refractivity contribution in [3.63, 3.8) is 0 Å². The van der Waals surface area contributed by atoms with Gasteiger partial charge in [-0.1, -0.05) is 19.1 Å². The first kappa shape index (κ1) is 21.1. The minimum atomic E-state index is -0.385. The molecule has 0 aliphatic rings. The summed E-state index contributed by atoms with van der Waals surface area (Å²) in [6, 6.07) is 10.1. The number of carbonyl (C=O) groups is 1. The second-order valence-electron chi connectivity index (χ2n) is 7.38. The molecular weight excluding hydrogens is 418 g/mol. The van der Waals surface area contributed by atoms with E-state index in [9.17, 15) is 18.4 Å². The fourth-order valence-corrected chi connectivity index (χ4v) is 4.74. The van der Waals surface area contributed by atoms with Crippen molar-refractivity contribution in [2.45, 2.75) is 33.7 Å². The van der Waals surface area contributed by atoms with Crippen molar-refractivity contribution < 1.29 is 13.6 Å². The number of carbonyl (C=O) groups excluding carboxylic acids is 1. The molecular formula is C24H20F2N2O2S. The summed E-state index contributed by atoms with van der Waals surface area (Å²) in [5, 5.41) is 0.425. The van der Waals surface area contributed by atoms with Crippen LogP contribution in [0.3, 0.4) is 0 Å². The van der Waals surface area contributed by atoms with Crippen LogP contribution >= 0.6 is 11.3 Å². The fourth-order valence-electron chi connectivity index (χ4n) is 3.69. The molecule has 0 amide bonds. The number of thiophene rings is 1. The predicted octanol–water partition coefficient (Wildman–Crippen LogP) is 5.47. The highest BCUT2D eigenvalue weighted by atomic mass is 32.1. The molecule has 2 aromatic carbocycles. The topological polar surface area (TPSA) is 52.0 Å². The Kier molecular flexibility index (Phi) is 5.54. The van der Waals surface area contributed by atoms with E-state index in [0.717, 1.165) is 10.4 Å². The highest BCUT2D eigenvalue weighted by Gasteiger charge is 2.21. The second kappa shape index (κ2) is 8.15. The zero-order valence-electron chi connectivity index (χ0n) is 17.3. The van der Waals surface area contributed by atoms with Gasteiger partial charge in [0.05, 0.1) is 11.9 Å². The van der Waals surface area contributed by atoms with Gasteiger partial charge in [-0.3, -0.25) is 14.2 Å². The highest BCUT2D eigenvalue weighted by molar-refractivity contribution is 7.19. The van der Waals surface area contributed by atoms with Crippen molar-refractivity contribution in [1.82, 2.24) is 9.55 Å². The molecule has 0 aliphatic carbocycles. The predicted molar refractivity (Wildman–Crippen MR) is 119 cm³/mol. The lowest BCUT2D eigenvalue weighted by Crippen LogP contribution is -2.28. The maximum atomic E-state index is 13.6. The summed E-state index contributed by atoms with van der Waals surface area (Å²) in [5.41, 5.74) is 1.83. The third kappa shape index (κ3) is 3.81. The van der Waals surface area contributed by atoms with E-state index in [0.29, 0.717) is 39.2 Å². The van der Waals surface area contributed by atoms with Crippen LogP contribution in [0.1, 0.15) is 33.5 Å². The van der Waals surface area contributed by atoms with E-state index in [1.807, 2.05) is 13.8 Å². The van der Waals surface area contributed by atoms with E-state index in [2.05, 4.69) is 4.98 Å². The quantitative estimate of drug-likeness (QED) is 0.389. The first-order valence-electron chi connectivity index (χ1n) is 9.88. The zero-order chi connectivity index (χ0) is 22.3. The van der Waals surface area contributed by atoms with Crippen LogP contribution in [0.4, 0.5) is 8.78 Å². The van der Waals surface area contributed by atoms with Gasteiger partial charge in [0.2, 0.25) is 0 Å². The maximum Gasteiger partial charge on any atom is 0.263 e. The van der Waals surface area contributed by atoms with Gasteiger partial charge in [0.15, 0.2) is 5.78 Å². The lowest BCUT2D eigenvalue weighted by atomic mass is 10.0. The summed E-state index contributed by atoms with van der Waals surface area (Å²) in [5.74, 6) is -0.526. The Morgan fingerprint density at radius 3 is 2.45 bits per heavy atom. The Hall–Kier alpha value is -3.19. The average molecular weight is 438 g/mol. The van der Waals surface area contributed by atoms with Gasteiger partial charge in [0, 0.05) is 22.4 Å². The van der Waals surface area contributed by atoms with E-state index >= 15 is 0 Å². The minimum Gasteiger partial charge on any atom is -0.292 e. The summed E-state index contributed by atoms with van der Waals surface area (Å²) in [6.45, 7) is 5.17. The number of halogens is 2. The fraction of sp³-hybridized carbons (Fsp3) is 0.208. The molecule has 2 heterocycles. The largest absolute Gasteiger partial charge is 0.292 e. The first-order valence-corrected chi connectivity index (χ1v) is 10.7. The van der Waals surface area contributed by atoms with E-state index < -0.39 is 0 Å². The summed E-state index contributed by atoms with van der Waals surface area (Å²) < 4.78 is 28.4. The molecule has 0 saturated carbocycles. The van der Waals surface area contributed by atoms with Gasteiger partial charge >= 0.3 is 0 Å². The molecule has 0 bridgehead atoms. The van der Waals surface area contributed by atoms with Gasteiger partial charge < -0.3 is 0 Å². The SMILES string of the molecule is CCc1nc2sc(C)c(-c3ccc(F)cc3)c2c(=O)n1CC(=O)c1ccc(F)c(C)c1. The molecule has 158 valence electrons. The number of aryl methyl sites for hydroxylation is 3. The van der Waals surface area contributed by atoms with Crippen LogP contribution < -0.4 is 5.56 Å². The molecule has 0 unspecified atom stereocenters. The molecule has 0 spiro atoms. The number of rotatable bonds is 5. The molecule has 31 heavy (non-hydrogen) atoms. The van der Waals surface area contributed by atoms with Crippen molar-refractivity contribution in [2.24, 2.45) is 0 Å². The summed E-state index contributed by atoms with van der Waals surface area (Å²) in [6.07, 6.45) is 0.476. The smallest absolute Gasteiger partial charge is 0.263 e. The molecule has 0 N–H and O–H groups in total. The number of nitrogens with zero attached hydrogens (tertiary/aromatic N) is 2. The van der Waals surface area contributed by atoms with Gasteiger partial charge in [-0.2, -0.15) is 0 Å². The molecule has 2 aromatic heterocycles. The molecule has 4 aromatic rings. The van der Waals surface area contributed by atoms with E-state index in [1.165, 1.54) is 46.2 Å². The average Bonchev–Trinajstić information content (AvgIpc) is 3.08. The Balaban J connectivity index is 1.87. The van der Waals surface area contributed by atoms with Gasteiger partial charge in [0.1, 0.15) is 22.3 Å². The van der Waals surface area contributed by atoms with Crippen molar-refractivity contribution in [3.8, 4) is 11.1 Å². The monoisotopic (exact) mass is 438 g/mol. The minimum absolute atomic E-state index is 0.187. The summed E-state index contributed by atoms with van der Waals surface area (Å²) in [4.78, 5) is 32.5. The third-order valence-electron chi connectivity index (χ3n) is 5.30. The Morgan fingerprint density at radius 2 is 1.81 bits per heavy atom. The van der Waals surface area contributed by atoms with Gasteiger partial charge in [-0.25, -0.2) is 13.8 Å². The molecule has 7 heteroatoms. The van der Waals surface area contributed by atoms with Crippen molar-refractivity contribution >= 4 is 27.3 Å². The molecule has 0 atom stereocenters. The van der Waals surface area contributed by atoms with Crippen molar-refractivity contribution in [3.05, 3.63) is 86.3 Å². The Morgan fingerprint density at radius 1 is 1.10 bits per heavy atom. The van der Waals surface area contributed by atoms with Crippen LogP contribution in [0.2, 0.25) is 0 Å².